The third-order valence-corrected chi connectivity index (χ3v) is 3.56. The zero-order chi connectivity index (χ0) is 16.1. The highest BCUT2D eigenvalue weighted by Gasteiger charge is 2.14. The standard InChI is InChI=1S/C17H22FN3O/c1-12(2)15-11-16(21(3)20-15)17(22)19-10-4-5-13-6-8-14(18)9-7-13/h6-9,11-12H,4-5,10H2,1-3H3,(H,19,22). The van der Waals surface area contributed by atoms with E-state index in [2.05, 4.69) is 10.4 Å². The highest BCUT2D eigenvalue weighted by atomic mass is 19.1. The van der Waals surface area contributed by atoms with E-state index in [1.165, 1.54) is 12.1 Å². The summed E-state index contributed by atoms with van der Waals surface area (Å²) in [6.45, 7) is 4.68. The van der Waals surface area contributed by atoms with Crippen LogP contribution in [-0.2, 0) is 13.5 Å². The van der Waals surface area contributed by atoms with Crippen molar-refractivity contribution in [2.75, 3.05) is 6.54 Å². The van der Waals surface area contributed by atoms with E-state index in [1.807, 2.05) is 19.9 Å². The van der Waals surface area contributed by atoms with Gasteiger partial charge in [-0.25, -0.2) is 4.39 Å². The maximum absolute atomic E-state index is 12.8. The smallest absolute Gasteiger partial charge is 0.269 e. The molecule has 0 radical (unpaired) electrons. The topological polar surface area (TPSA) is 46.9 Å². The second-order valence-electron chi connectivity index (χ2n) is 5.72. The number of nitrogens with one attached hydrogen (secondary N) is 1. The van der Waals surface area contributed by atoms with Crippen molar-refractivity contribution in [3.05, 3.63) is 53.1 Å². The van der Waals surface area contributed by atoms with Crippen molar-refractivity contribution < 1.29 is 9.18 Å². The summed E-state index contributed by atoms with van der Waals surface area (Å²) in [7, 11) is 1.78. The quantitative estimate of drug-likeness (QED) is 0.834. The summed E-state index contributed by atoms with van der Waals surface area (Å²) < 4.78 is 14.4. The first-order valence-electron chi connectivity index (χ1n) is 7.54. The number of nitrogens with zero attached hydrogens (tertiary/aromatic N) is 2. The normalized spacial score (nSPS) is 11.0. The lowest BCUT2D eigenvalue weighted by Crippen LogP contribution is -2.26. The van der Waals surface area contributed by atoms with Crippen LogP contribution in [0.5, 0.6) is 0 Å². The maximum atomic E-state index is 12.8. The van der Waals surface area contributed by atoms with Gasteiger partial charge in [0, 0.05) is 13.6 Å². The first-order chi connectivity index (χ1) is 10.5. The molecule has 0 saturated carbocycles. The summed E-state index contributed by atoms with van der Waals surface area (Å²) in [6.07, 6.45) is 1.62. The second kappa shape index (κ2) is 7.20. The summed E-state index contributed by atoms with van der Waals surface area (Å²) in [6, 6.07) is 8.29. The molecule has 0 unspecified atom stereocenters. The van der Waals surface area contributed by atoms with Crippen LogP contribution in [0.1, 0.15) is 47.9 Å². The van der Waals surface area contributed by atoms with Gasteiger partial charge in [-0.05, 0) is 42.5 Å². The largest absolute Gasteiger partial charge is 0.351 e. The number of carbonyl (C=O) groups excluding carboxylic acids is 1. The third-order valence-electron chi connectivity index (χ3n) is 3.56. The summed E-state index contributed by atoms with van der Waals surface area (Å²) in [5, 5.41) is 7.24. The van der Waals surface area contributed by atoms with Crippen molar-refractivity contribution in [2.45, 2.75) is 32.6 Å². The van der Waals surface area contributed by atoms with Crippen molar-refractivity contribution in [2.24, 2.45) is 7.05 Å². The Bertz CT molecular complexity index is 632. The number of hydrogen-bond donors (Lipinski definition) is 1. The molecule has 1 amide bonds. The summed E-state index contributed by atoms with van der Waals surface area (Å²) in [5.41, 5.74) is 2.56. The van der Waals surface area contributed by atoms with Gasteiger partial charge in [0.05, 0.1) is 5.69 Å². The Balaban J connectivity index is 1.81. The number of benzene rings is 1. The van der Waals surface area contributed by atoms with E-state index in [0.717, 1.165) is 24.1 Å². The molecule has 4 nitrogen and oxygen atoms in total. The van der Waals surface area contributed by atoms with Gasteiger partial charge in [-0.3, -0.25) is 9.48 Å². The fourth-order valence-corrected chi connectivity index (χ4v) is 2.22. The molecule has 22 heavy (non-hydrogen) atoms. The average Bonchev–Trinajstić information content (AvgIpc) is 2.87. The van der Waals surface area contributed by atoms with Crippen molar-refractivity contribution in [1.29, 1.82) is 0 Å². The minimum absolute atomic E-state index is 0.110. The predicted octanol–water partition coefficient (Wildman–Crippen LogP) is 3.05. The van der Waals surface area contributed by atoms with E-state index in [4.69, 9.17) is 0 Å². The van der Waals surface area contributed by atoms with Crippen LogP contribution < -0.4 is 5.32 Å². The number of carbonyl (C=O) groups is 1. The highest BCUT2D eigenvalue weighted by Crippen LogP contribution is 2.13. The Morgan fingerprint density at radius 1 is 1.32 bits per heavy atom. The Kier molecular flexibility index (Phi) is 5.31. The van der Waals surface area contributed by atoms with Gasteiger partial charge in [0.15, 0.2) is 0 Å². The van der Waals surface area contributed by atoms with Crippen molar-refractivity contribution in [3.8, 4) is 0 Å². The van der Waals surface area contributed by atoms with E-state index in [9.17, 15) is 9.18 Å². The van der Waals surface area contributed by atoms with E-state index < -0.39 is 0 Å². The predicted molar refractivity (Wildman–Crippen MR) is 84.4 cm³/mol. The van der Waals surface area contributed by atoms with Gasteiger partial charge in [0.25, 0.3) is 5.91 Å². The Hall–Kier alpha value is -2.17. The lowest BCUT2D eigenvalue weighted by molar-refractivity contribution is 0.0944. The van der Waals surface area contributed by atoms with Gasteiger partial charge < -0.3 is 5.32 Å². The molecule has 0 atom stereocenters. The molecular formula is C17H22FN3O. The van der Waals surface area contributed by atoms with Crippen LogP contribution in [0.4, 0.5) is 4.39 Å². The highest BCUT2D eigenvalue weighted by molar-refractivity contribution is 5.92. The summed E-state index contributed by atoms with van der Waals surface area (Å²) in [4.78, 5) is 12.1. The van der Waals surface area contributed by atoms with Crippen LogP contribution in [0.2, 0.25) is 0 Å². The molecule has 5 heteroatoms. The molecule has 0 saturated heterocycles. The first kappa shape index (κ1) is 16.2. The first-order valence-corrected chi connectivity index (χ1v) is 7.54. The lowest BCUT2D eigenvalue weighted by atomic mass is 10.1. The van der Waals surface area contributed by atoms with Crippen molar-refractivity contribution in [1.82, 2.24) is 15.1 Å². The van der Waals surface area contributed by atoms with E-state index in [1.54, 1.807) is 23.9 Å². The molecule has 118 valence electrons. The molecule has 0 spiro atoms. The fraction of sp³-hybridized carbons (Fsp3) is 0.412. The van der Waals surface area contributed by atoms with Crippen molar-refractivity contribution >= 4 is 5.91 Å². The van der Waals surface area contributed by atoms with Crippen LogP contribution in [0.25, 0.3) is 0 Å². The minimum Gasteiger partial charge on any atom is -0.351 e. The second-order valence-corrected chi connectivity index (χ2v) is 5.72. The molecule has 0 aliphatic heterocycles. The number of amides is 1. The van der Waals surface area contributed by atoms with Crippen molar-refractivity contribution in [3.63, 3.8) is 0 Å². The summed E-state index contributed by atoms with van der Waals surface area (Å²) in [5.74, 6) is -0.0403. The Labute approximate surface area is 130 Å². The van der Waals surface area contributed by atoms with Gasteiger partial charge in [-0.2, -0.15) is 5.10 Å². The molecular weight excluding hydrogens is 281 g/mol. The van der Waals surface area contributed by atoms with Gasteiger partial charge >= 0.3 is 0 Å². The van der Waals surface area contributed by atoms with Gasteiger partial charge in [-0.15, -0.1) is 0 Å². The average molecular weight is 303 g/mol. The van der Waals surface area contributed by atoms with Gasteiger partial charge in [0.2, 0.25) is 0 Å². The molecule has 1 heterocycles. The van der Waals surface area contributed by atoms with E-state index in [0.29, 0.717) is 18.2 Å². The Morgan fingerprint density at radius 3 is 2.59 bits per heavy atom. The molecule has 1 aromatic heterocycles. The van der Waals surface area contributed by atoms with Crippen LogP contribution in [0.15, 0.2) is 30.3 Å². The zero-order valence-corrected chi connectivity index (χ0v) is 13.3. The number of hydrogen-bond acceptors (Lipinski definition) is 2. The van der Waals surface area contributed by atoms with Gasteiger partial charge in [-0.1, -0.05) is 26.0 Å². The SMILES string of the molecule is CC(C)c1cc(C(=O)NCCCc2ccc(F)cc2)n(C)n1. The molecule has 1 N–H and O–H groups in total. The molecule has 0 bridgehead atoms. The van der Waals surface area contributed by atoms with Crippen LogP contribution in [0.3, 0.4) is 0 Å². The van der Waals surface area contributed by atoms with E-state index in [-0.39, 0.29) is 11.7 Å². The molecule has 0 aliphatic rings. The Morgan fingerprint density at radius 2 is 2.00 bits per heavy atom. The molecule has 0 fully saturated rings. The number of aryl methyl sites for hydroxylation is 2. The van der Waals surface area contributed by atoms with Crippen LogP contribution in [-0.4, -0.2) is 22.2 Å². The summed E-state index contributed by atoms with van der Waals surface area (Å²) >= 11 is 0. The number of halogens is 1. The number of aromatic nitrogens is 2. The van der Waals surface area contributed by atoms with Crippen LogP contribution in [0, 0.1) is 5.82 Å². The minimum atomic E-state index is -0.228. The fourth-order valence-electron chi connectivity index (χ4n) is 2.22. The molecule has 2 aromatic rings. The maximum Gasteiger partial charge on any atom is 0.269 e. The third kappa shape index (κ3) is 4.16. The zero-order valence-electron chi connectivity index (χ0n) is 13.3. The molecule has 0 aliphatic carbocycles. The number of rotatable bonds is 6. The van der Waals surface area contributed by atoms with Crippen LogP contribution >= 0.6 is 0 Å². The monoisotopic (exact) mass is 303 g/mol. The van der Waals surface area contributed by atoms with Gasteiger partial charge in [0.1, 0.15) is 11.5 Å². The lowest BCUT2D eigenvalue weighted by Gasteiger charge is -2.05. The molecule has 2 rings (SSSR count). The molecule has 1 aromatic carbocycles. The van der Waals surface area contributed by atoms with E-state index >= 15 is 0 Å².